The average molecular weight is 456 g/mol. The largest absolute Gasteiger partial charge is 0.339 e. The summed E-state index contributed by atoms with van der Waals surface area (Å²) in [6, 6.07) is 5.64. The van der Waals surface area contributed by atoms with Gasteiger partial charge in [-0.15, -0.1) is 0 Å². The van der Waals surface area contributed by atoms with E-state index in [-0.39, 0.29) is 10.4 Å². The van der Waals surface area contributed by atoms with Crippen LogP contribution < -0.4 is 14.9 Å². The summed E-state index contributed by atoms with van der Waals surface area (Å²) in [6.45, 7) is 5.43. The van der Waals surface area contributed by atoms with Gasteiger partial charge in [-0.25, -0.2) is 23.1 Å². The number of hydrogen-bond acceptors (Lipinski definition) is 9. The quantitative estimate of drug-likeness (QED) is 0.592. The van der Waals surface area contributed by atoms with Crippen molar-refractivity contribution in [3.8, 4) is 11.5 Å². The van der Waals surface area contributed by atoms with E-state index >= 15 is 0 Å². The van der Waals surface area contributed by atoms with Gasteiger partial charge in [-0.1, -0.05) is 5.16 Å². The number of benzene rings is 1. The standard InChI is InChI=1S/C21H25N7O3S/c1-12-23-19(26-31-12)18-16-9-15(32(29,30)27-21(2)7-8-21)5-6-17(16)24-20(25-18)28-13-3-4-14(28)11-22-10-13/h5-6,9,13-14,22,27H,3-4,7-8,10-11H2,1-2H3. The Balaban J connectivity index is 1.50. The molecule has 2 bridgehead atoms. The second-order valence-corrected chi connectivity index (χ2v) is 11.0. The minimum Gasteiger partial charge on any atom is -0.339 e. The van der Waals surface area contributed by atoms with Gasteiger partial charge in [-0.05, 0) is 50.8 Å². The van der Waals surface area contributed by atoms with Gasteiger partial charge in [0, 0.05) is 43.0 Å². The average Bonchev–Trinajstić information content (AvgIpc) is 3.21. The number of rotatable bonds is 5. The lowest BCUT2D eigenvalue weighted by Gasteiger charge is -2.35. The zero-order valence-electron chi connectivity index (χ0n) is 18.0. The van der Waals surface area contributed by atoms with Crippen molar-refractivity contribution in [2.24, 2.45) is 0 Å². The summed E-state index contributed by atoms with van der Waals surface area (Å²) in [7, 11) is -3.67. The molecular weight excluding hydrogens is 430 g/mol. The fraction of sp³-hybridized carbons (Fsp3) is 0.524. The van der Waals surface area contributed by atoms with Crippen molar-refractivity contribution in [1.29, 1.82) is 0 Å². The van der Waals surface area contributed by atoms with E-state index < -0.39 is 10.0 Å². The maximum Gasteiger partial charge on any atom is 0.241 e. The van der Waals surface area contributed by atoms with Crippen LogP contribution in [0, 0.1) is 6.92 Å². The summed E-state index contributed by atoms with van der Waals surface area (Å²) in [5.74, 6) is 1.38. The molecule has 32 heavy (non-hydrogen) atoms. The molecule has 10 nitrogen and oxygen atoms in total. The Bertz CT molecular complexity index is 1300. The van der Waals surface area contributed by atoms with E-state index in [9.17, 15) is 8.42 Å². The predicted octanol–water partition coefficient (Wildman–Crippen LogP) is 1.76. The molecule has 2 saturated heterocycles. The van der Waals surface area contributed by atoms with Crippen LogP contribution >= 0.6 is 0 Å². The summed E-state index contributed by atoms with van der Waals surface area (Å²) in [5, 5.41) is 8.12. The lowest BCUT2D eigenvalue weighted by molar-refractivity contribution is 0.394. The zero-order chi connectivity index (χ0) is 22.1. The van der Waals surface area contributed by atoms with Crippen LogP contribution in [0.4, 0.5) is 5.95 Å². The third kappa shape index (κ3) is 3.35. The van der Waals surface area contributed by atoms with E-state index in [0.29, 0.717) is 46.3 Å². The van der Waals surface area contributed by atoms with Gasteiger partial charge in [0.2, 0.25) is 27.7 Å². The second-order valence-electron chi connectivity index (χ2n) is 9.30. The van der Waals surface area contributed by atoms with Crippen LogP contribution in [-0.4, -0.2) is 59.2 Å². The summed E-state index contributed by atoms with van der Waals surface area (Å²) in [6.07, 6.45) is 3.87. The Morgan fingerprint density at radius 1 is 1.16 bits per heavy atom. The topological polar surface area (TPSA) is 126 Å². The summed E-state index contributed by atoms with van der Waals surface area (Å²) >= 11 is 0. The fourth-order valence-electron chi connectivity index (χ4n) is 4.72. The van der Waals surface area contributed by atoms with Gasteiger partial charge in [0.1, 0.15) is 5.69 Å². The number of nitrogens with one attached hydrogen (secondary N) is 2. The Kier molecular flexibility index (Phi) is 4.33. The molecule has 1 saturated carbocycles. The number of anilines is 1. The fourth-order valence-corrected chi connectivity index (χ4v) is 6.21. The molecule has 2 aliphatic heterocycles. The van der Waals surface area contributed by atoms with E-state index in [2.05, 4.69) is 25.1 Å². The Morgan fingerprint density at radius 2 is 1.91 bits per heavy atom. The van der Waals surface area contributed by atoms with Crippen LogP contribution in [-0.2, 0) is 10.0 Å². The molecule has 1 aliphatic carbocycles. The molecule has 3 aliphatic rings. The van der Waals surface area contributed by atoms with Crippen LogP contribution in [0.2, 0.25) is 0 Å². The molecule has 0 amide bonds. The molecule has 3 aromatic rings. The van der Waals surface area contributed by atoms with Crippen LogP contribution in [0.5, 0.6) is 0 Å². The lowest BCUT2D eigenvalue weighted by Crippen LogP contribution is -2.52. The van der Waals surface area contributed by atoms with Crippen molar-refractivity contribution < 1.29 is 12.9 Å². The number of sulfonamides is 1. The molecule has 11 heteroatoms. The minimum atomic E-state index is -3.67. The van der Waals surface area contributed by atoms with Crippen molar-refractivity contribution in [2.45, 2.75) is 62.0 Å². The molecule has 168 valence electrons. The van der Waals surface area contributed by atoms with Crippen LogP contribution in [0.3, 0.4) is 0 Å². The molecule has 0 spiro atoms. The highest BCUT2D eigenvalue weighted by atomic mass is 32.2. The predicted molar refractivity (Wildman–Crippen MR) is 118 cm³/mol. The summed E-state index contributed by atoms with van der Waals surface area (Å²) in [4.78, 5) is 16.5. The van der Waals surface area contributed by atoms with E-state index in [0.717, 1.165) is 38.8 Å². The van der Waals surface area contributed by atoms with Crippen LogP contribution in [0.1, 0.15) is 38.5 Å². The maximum absolute atomic E-state index is 13.0. The molecule has 1 aromatic carbocycles. The van der Waals surface area contributed by atoms with Crippen molar-refractivity contribution in [2.75, 3.05) is 18.0 Å². The maximum atomic E-state index is 13.0. The van der Waals surface area contributed by atoms with Crippen molar-refractivity contribution in [1.82, 2.24) is 30.1 Å². The minimum absolute atomic E-state index is 0.179. The third-order valence-electron chi connectivity index (χ3n) is 6.70. The SMILES string of the molecule is Cc1nc(-c2nc(N3C4CCC3CNC4)nc3ccc(S(=O)(=O)NC4(C)CC4)cc23)no1. The van der Waals surface area contributed by atoms with E-state index in [1.54, 1.807) is 25.1 Å². The summed E-state index contributed by atoms with van der Waals surface area (Å²) < 4.78 is 34.0. The molecule has 3 fully saturated rings. The Hall–Kier alpha value is -2.63. The van der Waals surface area contributed by atoms with Gasteiger partial charge in [-0.3, -0.25) is 0 Å². The van der Waals surface area contributed by atoms with Gasteiger partial charge in [0.05, 0.1) is 10.4 Å². The normalized spacial score (nSPS) is 24.2. The molecule has 2 aromatic heterocycles. The zero-order valence-corrected chi connectivity index (χ0v) is 18.8. The van der Waals surface area contributed by atoms with E-state index in [1.807, 2.05) is 6.92 Å². The van der Waals surface area contributed by atoms with E-state index in [1.165, 1.54) is 0 Å². The van der Waals surface area contributed by atoms with Gasteiger partial charge >= 0.3 is 0 Å². The molecule has 2 N–H and O–H groups in total. The molecule has 0 radical (unpaired) electrons. The number of aromatic nitrogens is 4. The Morgan fingerprint density at radius 3 is 2.56 bits per heavy atom. The number of piperazine rings is 1. The second kappa shape index (κ2) is 6.93. The van der Waals surface area contributed by atoms with Crippen molar-refractivity contribution >= 4 is 26.9 Å². The monoisotopic (exact) mass is 455 g/mol. The first-order valence-corrected chi connectivity index (χ1v) is 12.5. The van der Waals surface area contributed by atoms with Gasteiger partial charge in [-0.2, -0.15) is 4.98 Å². The smallest absolute Gasteiger partial charge is 0.241 e. The highest BCUT2D eigenvalue weighted by Crippen LogP contribution is 2.37. The van der Waals surface area contributed by atoms with Gasteiger partial charge in [0.25, 0.3) is 0 Å². The van der Waals surface area contributed by atoms with E-state index in [4.69, 9.17) is 14.5 Å². The van der Waals surface area contributed by atoms with Crippen molar-refractivity contribution in [3.63, 3.8) is 0 Å². The first-order valence-electron chi connectivity index (χ1n) is 11.0. The molecule has 2 atom stereocenters. The first kappa shape index (κ1) is 20.0. The Labute approximate surface area is 185 Å². The molecular formula is C21H25N7O3S. The molecule has 2 unspecified atom stereocenters. The van der Waals surface area contributed by atoms with Crippen LogP contribution in [0.15, 0.2) is 27.6 Å². The highest BCUT2D eigenvalue weighted by molar-refractivity contribution is 7.89. The van der Waals surface area contributed by atoms with Crippen molar-refractivity contribution in [3.05, 3.63) is 24.1 Å². The van der Waals surface area contributed by atoms with Gasteiger partial charge in [0.15, 0.2) is 0 Å². The molecule has 6 rings (SSSR count). The third-order valence-corrected chi connectivity index (χ3v) is 8.33. The molecule has 4 heterocycles. The lowest BCUT2D eigenvalue weighted by atomic mass is 10.1. The number of fused-ring (bicyclic) bond motifs is 3. The number of aryl methyl sites for hydroxylation is 1. The first-order chi connectivity index (χ1) is 15.3. The number of hydrogen-bond donors (Lipinski definition) is 2. The highest BCUT2D eigenvalue weighted by Gasteiger charge is 2.41. The van der Waals surface area contributed by atoms with Gasteiger partial charge < -0.3 is 14.7 Å². The number of nitrogens with zero attached hydrogens (tertiary/aromatic N) is 5. The summed E-state index contributed by atoms with van der Waals surface area (Å²) in [5.41, 5.74) is 0.778. The van der Waals surface area contributed by atoms with Crippen LogP contribution in [0.25, 0.3) is 22.4 Å².